The van der Waals surface area contributed by atoms with Crippen LogP contribution < -0.4 is 10.6 Å². The number of hydrogen-bond acceptors (Lipinski definition) is 3. The van der Waals surface area contributed by atoms with E-state index in [9.17, 15) is 9.59 Å². The molecule has 5 heteroatoms. The summed E-state index contributed by atoms with van der Waals surface area (Å²) in [5, 5.41) is 6.58. The molecule has 2 bridgehead atoms. The lowest BCUT2D eigenvalue weighted by Gasteiger charge is -2.28. The van der Waals surface area contributed by atoms with Crippen LogP contribution in [0.1, 0.15) is 48.0 Å². The average Bonchev–Trinajstić information content (AvgIpc) is 3.00. The van der Waals surface area contributed by atoms with E-state index in [1.165, 1.54) is 12.8 Å². The average molecular weight is 385 g/mol. The molecule has 142 valence electrons. The van der Waals surface area contributed by atoms with Crippen LogP contribution in [0.25, 0.3) is 0 Å². The highest BCUT2D eigenvalue weighted by Crippen LogP contribution is 2.32. The number of amides is 1. The molecule has 2 aliphatic heterocycles. The first-order valence-electron chi connectivity index (χ1n) is 9.43. The molecule has 2 atom stereocenters. The molecule has 0 aromatic heterocycles. The standard InChI is InChI=1S/C22H24N2O2.ClH/c25-21(13-15-11-19-9-10-20(12-15)23-19)24-18-8-4-7-17(14-18)22(26)16-5-2-1-3-6-16;/h1-8,14-15,19-20,23H,9-13H2,(H,24,25);1H. The molecule has 2 aromatic carbocycles. The van der Waals surface area contributed by atoms with Crippen molar-refractivity contribution in [1.29, 1.82) is 0 Å². The van der Waals surface area contributed by atoms with Crippen molar-refractivity contribution in [1.82, 2.24) is 5.32 Å². The molecular weight excluding hydrogens is 360 g/mol. The summed E-state index contributed by atoms with van der Waals surface area (Å²) in [6.07, 6.45) is 5.23. The van der Waals surface area contributed by atoms with Crippen LogP contribution in [0, 0.1) is 5.92 Å². The predicted octanol–water partition coefficient (Wildman–Crippen LogP) is 4.20. The van der Waals surface area contributed by atoms with Crippen molar-refractivity contribution < 1.29 is 9.59 Å². The third-order valence-electron chi connectivity index (χ3n) is 5.49. The molecule has 2 N–H and O–H groups in total. The second-order valence-electron chi connectivity index (χ2n) is 7.50. The molecule has 1 amide bonds. The van der Waals surface area contributed by atoms with Gasteiger partial charge in [0.05, 0.1) is 0 Å². The molecule has 2 saturated heterocycles. The number of carbonyl (C=O) groups is 2. The van der Waals surface area contributed by atoms with Gasteiger partial charge in [-0.2, -0.15) is 0 Å². The number of piperidine rings is 1. The predicted molar refractivity (Wildman–Crippen MR) is 109 cm³/mol. The second-order valence-corrected chi connectivity index (χ2v) is 7.50. The van der Waals surface area contributed by atoms with Crippen LogP contribution in [-0.2, 0) is 4.79 Å². The molecule has 4 nitrogen and oxygen atoms in total. The smallest absolute Gasteiger partial charge is 0.224 e. The summed E-state index contributed by atoms with van der Waals surface area (Å²) in [5.74, 6) is 0.472. The maximum absolute atomic E-state index is 12.6. The number of halogens is 1. The van der Waals surface area contributed by atoms with Crippen LogP contribution in [0.3, 0.4) is 0 Å². The summed E-state index contributed by atoms with van der Waals surface area (Å²) >= 11 is 0. The highest BCUT2D eigenvalue weighted by molar-refractivity contribution is 6.09. The first-order valence-corrected chi connectivity index (χ1v) is 9.43. The van der Waals surface area contributed by atoms with Gasteiger partial charge in [-0.25, -0.2) is 0 Å². The van der Waals surface area contributed by atoms with Crippen LogP contribution in [0.15, 0.2) is 54.6 Å². The van der Waals surface area contributed by atoms with Gasteiger partial charge in [0.15, 0.2) is 5.78 Å². The normalized spacial score (nSPS) is 23.3. The molecular formula is C22H25ClN2O2. The van der Waals surface area contributed by atoms with Crippen LogP contribution in [0.2, 0.25) is 0 Å². The highest BCUT2D eigenvalue weighted by atomic mass is 35.5. The Morgan fingerprint density at radius 3 is 2.30 bits per heavy atom. The molecule has 0 saturated carbocycles. The third kappa shape index (κ3) is 4.76. The third-order valence-corrected chi connectivity index (χ3v) is 5.49. The maximum atomic E-state index is 12.6. The Hall–Kier alpha value is -2.17. The Morgan fingerprint density at radius 2 is 1.59 bits per heavy atom. The lowest BCUT2D eigenvalue weighted by Crippen LogP contribution is -2.39. The van der Waals surface area contributed by atoms with Crippen molar-refractivity contribution in [3.63, 3.8) is 0 Å². The van der Waals surface area contributed by atoms with Gasteiger partial charge >= 0.3 is 0 Å². The summed E-state index contributed by atoms with van der Waals surface area (Å²) in [6, 6.07) is 17.6. The Bertz CT molecular complexity index is 797. The van der Waals surface area contributed by atoms with E-state index in [-0.39, 0.29) is 24.1 Å². The maximum Gasteiger partial charge on any atom is 0.224 e. The van der Waals surface area contributed by atoms with Crippen LogP contribution in [0.5, 0.6) is 0 Å². The monoisotopic (exact) mass is 384 g/mol. The van der Waals surface area contributed by atoms with Gasteiger partial charge in [0.1, 0.15) is 0 Å². The molecule has 2 fully saturated rings. The minimum Gasteiger partial charge on any atom is -0.326 e. The molecule has 0 aliphatic carbocycles. The topological polar surface area (TPSA) is 58.2 Å². The summed E-state index contributed by atoms with van der Waals surface area (Å²) in [4.78, 5) is 25.0. The van der Waals surface area contributed by atoms with Crippen LogP contribution in [0.4, 0.5) is 5.69 Å². The van der Waals surface area contributed by atoms with Crippen molar-refractivity contribution in [3.8, 4) is 0 Å². The number of nitrogens with one attached hydrogen (secondary N) is 2. The Kier molecular flexibility index (Phi) is 6.30. The van der Waals surface area contributed by atoms with Crippen LogP contribution in [-0.4, -0.2) is 23.8 Å². The van der Waals surface area contributed by atoms with Crippen molar-refractivity contribution >= 4 is 29.8 Å². The van der Waals surface area contributed by atoms with E-state index in [1.807, 2.05) is 30.3 Å². The molecule has 0 spiro atoms. The first kappa shape index (κ1) is 19.6. The summed E-state index contributed by atoms with van der Waals surface area (Å²) in [5.41, 5.74) is 1.93. The number of rotatable bonds is 5. The second kappa shape index (κ2) is 8.68. The van der Waals surface area contributed by atoms with Gasteiger partial charge in [-0.05, 0) is 43.7 Å². The van der Waals surface area contributed by atoms with Gasteiger partial charge in [-0.15, -0.1) is 12.4 Å². The zero-order chi connectivity index (χ0) is 17.9. The summed E-state index contributed by atoms with van der Waals surface area (Å²) in [7, 11) is 0. The highest BCUT2D eigenvalue weighted by Gasteiger charge is 2.34. The fourth-order valence-electron chi connectivity index (χ4n) is 4.31. The van der Waals surface area contributed by atoms with Gasteiger partial charge in [0.25, 0.3) is 0 Å². The van der Waals surface area contributed by atoms with E-state index in [1.54, 1.807) is 24.3 Å². The zero-order valence-corrected chi connectivity index (χ0v) is 16.0. The summed E-state index contributed by atoms with van der Waals surface area (Å²) in [6.45, 7) is 0. The minimum absolute atomic E-state index is 0. The van der Waals surface area contributed by atoms with Crippen molar-refractivity contribution in [2.75, 3.05) is 5.32 Å². The first-order chi connectivity index (χ1) is 12.7. The number of hydrogen-bond donors (Lipinski definition) is 2. The molecule has 2 aromatic rings. The van der Waals surface area contributed by atoms with E-state index in [4.69, 9.17) is 0 Å². The van der Waals surface area contributed by atoms with Crippen molar-refractivity contribution in [2.24, 2.45) is 5.92 Å². The number of anilines is 1. The van der Waals surface area contributed by atoms with Gasteiger partial charge in [-0.3, -0.25) is 9.59 Å². The van der Waals surface area contributed by atoms with E-state index < -0.39 is 0 Å². The quantitative estimate of drug-likeness (QED) is 0.759. The van der Waals surface area contributed by atoms with Gasteiger partial charge in [0, 0.05) is 35.3 Å². The minimum atomic E-state index is -0.0309. The Morgan fingerprint density at radius 1 is 0.926 bits per heavy atom. The van der Waals surface area contributed by atoms with E-state index in [0.29, 0.717) is 41.2 Å². The van der Waals surface area contributed by atoms with Gasteiger partial charge in [0.2, 0.25) is 5.91 Å². The number of carbonyl (C=O) groups excluding carboxylic acids is 2. The van der Waals surface area contributed by atoms with Gasteiger partial charge < -0.3 is 10.6 Å². The van der Waals surface area contributed by atoms with Crippen LogP contribution >= 0.6 is 12.4 Å². The molecule has 27 heavy (non-hydrogen) atoms. The Labute approximate surface area is 166 Å². The number of benzene rings is 2. The molecule has 0 radical (unpaired) electrons. The van der Waals surface area contributed by atoms with E-state index >= 15 is 0 Å². The summed E-state index contributed by atoms with van der Waals surface area (Å²) < 4.78 is 0. The van der Waals surface area contributed by atoms with E-state index in [2.05, 4.69) is 10.6 Å². The molecule has 2 heterocycles. The molecule has 2 aliphatic rings. The number of ketones is 1. The lowest BCUT2D eigenvalue weighted by molar-refractivity contribution is -0.117. The molecule has 2 unspecified atom stereocenters. The number of fused-ring (bicyclic) bond motifs is 2. The largest absolute Gasteiger partial charge is 0.326 e. The lowest BCUT2D eigenvalue weighted by atomic mass is 9.89. The zero-order valence-electron chi connectivity index (χ0n) is 15.2. The van der Waals surface area contributed by atoms with Crippen molar-refractivity contribution in [3.05, 3.63) is 65.7 Å². The fourth-order valence-corrected chi connectivity index (χ4v) is 4.31. The molecule has 4 rings (SSSR count). The SMILES string of the molecule is Cl.O=C(CC1CC2CCC(C1)N2)Nc1cccc(C(=O)c2ccccc2)c1. The van der Waals surface area contributed by atoms with Gasteiger partial charge in [-0.1, -0.05) is 42.5 Å². The van der Waals surface area contributed by atoms with E-state index in [0.717, 1.165) is 12.8 Å². The fraction of sp³-hybridized carbons (Fsp3) is 0.364. The Balaban J connectivity index is 0.00000210. The van der Waals surface area contributed by atoms with Crippen molar-refractivity contribution in [2.45, 2.75) is 44.2 Å².